The van der Waals surface area contributed by atoms with E-state index < -0.39 is 0 Å². The molecular formula is C16H15ClF2O. The van der Waals surface area contributed by atoms with Gasteiger partial charge in [-0.2, -0.15) is 0 Å². The zero-order valence-corrected chi connectivity index (χ0v) is 11.6. The monoisotopic (exact) mass is 296 g/mol. The fourth-order valence-corrected chi connectivity index (χ4v) is 2.36. The van der Waals surface area contributed by atoms with Crippen molar-refractivity contribution in [2.24, 2.45) is 5.92 Å². The minimum absolute atomic E-state index is 0.0661. The van der Waals surface area contributed by atoms with E-state index in [1.165, 1.54) is 24.3 Å². The van der Waals surface area contributed by atoms with Crippen LogP contribution in [-0.2, 0) is 12.8 Å². The van der Waals surface area contributed by atoms with Crippen molar-refractivity contribution < 1.29 is 13.9 Å². The Bertz CT molecular complexity index is 569. The van der Waals surface area contributed by atoms with Gasteiger partial charge in [-0.05, 0) is 60.2 Å². The number of halogens is 3. The summed E-state index contributed by atoms with van der Waals surface area (Å²) in [5, 5.41) is 9.91. The van der Waals surface area contributed by atoms with Crippen LogP contribution in [0.25, 0.3) is 0 Å². The van der Waals surface area contributed by atoms with Gasteiger partial charge in [0.25, 0.3) is 0 Å². The Labute approximate surface area is 121 Å². The highest BCUT2D eigenvalue weighted by Gasteiger charge is 2.13. The van der Waals surface area contributed by atoms with Gasteiger partial charge in [0.15, 0.2) is 0 Å². The zero-order valence-electron chi connectivity index (χ0n) is 10.8. The van der Waals surface area contributed by atoms with Crippen molar-refractivity contribution in [3.63, 3.8) is 0 Å². The fourth-order valence-electron chi connectivity index (χ4n) is 2.17. The highest BCUT2D eigenvalue weighted by Crippen LogP contribution is 2.20. The topological polar surface area (TPSA) is 20.2 Å². The molecule has 0 saturated carbocycles. The van der Waals surface area contributed by atoms with E-state index in [0.29, 0.717) is 23.4 Å². The van der Waals surface area contributed by atoms with Crippen molar-refractivity contribution >= 4 is 11.6 Å². The standard InChI is InChI=1S/C16H15ClF2O/c17-14-3-6-16(19)13(9-14)8-12(10-20)7-11-1-4-15(18)5-2-11/h1-6,9,12,20H,7-8,10H2. The van der Waals surface area contributed by atoms with Crippen LogP contribution in [0.5, 0.6) is 0 Å². The Morgan fingerprint density at radius 2 is 1.70 bits per heavy atom. The number of aliphatic hydroxyl groups is 1. The highest BCUT2D eigenvalue weighted by molar-refractivity contribution is 6.30. The SMILES string of the molecule is OCC(Cc1ccc(F)cc1)Cc1cc(Cl)ccc1F. The Morgan fingerprint density at radius 1 is 1.00 bits per heavy atom. The molecule has 0 aliphatic carbocycles. The third-order valence-corrected chi connectivity index (χ3v) is 3.45. The normalized spacial score (nSPS) is 12.4. The summed E-state index contributed by atoms with van der Waals surface area (Å²) in [5.41, 5.74) is 1.39. The molecule has 0 fully saturated rings. The van der Waals surface area contributed by atoms with Crippen LogP contribution in [0.2, 0.25) is 5.02 Å². The van der Waals surface area contributed by atoms with Gasteiger partial charge < -0.3 is 5.11 Å². The largest absolute Gasteiger partial charge is 0.396 e. The first-order chi connectivity index (χ1) is 9.58. The van der Waals surface area contributed by atoms with Gasteiger partial charge in [0.2, 0.25) is 0 Å². The molecule has 20 heavy (non-hydrogen) atoms. The second-order valence-corrected chi connectivity index (χ2v) is 5.26. The lowest BCUT2D eigenvalue weighted by Crippen LogP contribution is -2.14. The smallest absolute Gasteiger partial charge is 0.126 e. The molecule has 0 aromatic heterocycles. The highest BCUT2D eigenvalue weighted by atomic mass is 35.5. The average Bonchev–Trinajstić information content (AvgIpc) is 2.44. The summed E-state index contributed by atoms with van der Waals surface area (Å²) in [5.74, 6) is -0.754. The van der Waals surface area contributed by atoms with Gasteiger partial charge in [0.1, 0.15) is 11.6 Å². The van der Waals surface area contributed by atoms with E-state index in [1.54, 1.807) is 18.2 Å². The zero-order chi connectivity index (χ0) is 14.5. The van der Waals surface area contributed by atoms with Crippen LogP contribution >= 0.6 is 11.6 Å². The first kappa shape index (κ1) is 14.9. The van der Waals surface area contributed by atoms with Crippen LogP contribution in [0, 0.1) is 17.6 Å². The Morgan fingerprint density at radius 3 is 2.35 bits per heavy atom. The average molecular weight is 297 g/mol. The third-order valence-electron chi connectivity index (χ3n) is 3.21. The number of aliphatic hydroxyl groups excluding tert-OH is 1. The summed E-state index contributed by atoms with van der Waals surface area (Å²) >= 11 is 5.85. The van der Waals surface area contributed by atoms with Crippen molar-refractivity contribution in [3.8, 4) is 0 Å². The molecule has 1 unspecified atom stereocenters. The summed E-state index contributed by atoms with van der Waals surface area (Å²) in [7, 11) is 0. The van der Waals surface area contributed by atoms with E-state index in [4.69, 9.17) is 11.6 Å². The summed E-state index contributed by atoms with van der Waals surface area (Å²) in [6.45, 7) is -0.0661. The molecule has 1 atom stereocenters. The number of hydrogen-bond acceptors (Lipinski definition) is 1. The molecule has 2 rings (SSSR count). The lowest BCUT2D eigenvalue weighted by atomic mass is 9.93. The second-order valence-electron chi connectivity index (χ2n) is 4.82. The van der Waals surface area contributed by atoms with Gasteiger partial charge >= 0.3 is 0 Å². The first-order valence-corrected chi connectivity index (χ1v) is 6.75. The maximum Gasteiger partial charge on any atom is 0.126 e. The quantitative estimate of drug-likeness (QED) is 0.884. The van der Waals surface area contributed by atoms with E-state index in [-0.39, 0.29) is 24.2 Å². The van der Waals surface area contributed by atoms with Crippen LogP contribution in [0.3, 0.4) is 0 Å². The van der Waals surface area contributed by atoms with Crippen LogP contribution in [0.4, 0.5) is 8.78 Å². The summed E-state index contributed by atoms with van der Waals surface area (Å²) < 4.78 is 26.5. The number of benzene rings is 2. The molecule has 106 valence electrons. The lowest BCUT2D eigenvalue weighted by molar-refractivity contribution is 0.224. The third kappa shape index (κ3) is 4.02. The molecular weight excluding hydrogens is 282 g/mol. The fraction of sp³-hybridized carbons (Fsp3) is 0.250. The van der Waals surface area contributed by atoms with Crippen molar-refractivity contribution in [2.45, 2.75) is 12.8 Å². The van der Waals surface area contributed by atoms with Gasteiger partial charge in [0.05, 0.1) is 0 Å². The lowest BCUT2D eigenvalue weighted by Gasteiger charge is -2.15. The second kappa shape index (κ2) is 6.82. The molecule has 0 radical (unpaired) electrons. The Balaban J connectivity index is 2.08. The minimum atomic E-state index is -0.327. The molecule has 0 spiro atoms. The molecule has 1 N–H and O–H groups in total. The molecule has 0 bridgehead atoms. The number of hydrogen-bond donors (Lipinski definition) is 1. The molecule has 0 aliphatic heterocycles. The molecule has 2 aromatic carbocycles. The van der Waals surface area contributed by atoms with E-state index in [0.717, 1.165) is 5.56 Å². The summed E-state index contributed by atoms with van der Waals surface area (Å²) in [6.07, 6.45) is 0.947. The van der Waals surface area contributed by atoms with E-state index in [1.807, 2.05) is 0 Å². The summed E-state index contributed by atoms with van der Waals surface area (Å²) in [4.78, 5) is 0. The number of rotatable bonds is 5. The maximum atomic E-state index is 13.7. The van der Waals surface area contributed by atoms with Crippen LogP contribution in [0.15, 0.2) is 42.5 Å². The molecule has 0 saturated heterocycles. The van der Waals surface area contributed by atoms with E-state index in [9.17, 15) is 13.9 Å². The van der Waals surface area contributed by atoms with E-state index >= 15 is 0 Å². The van der Waals surface area contributed by atoms with Crippen molar-refractivity contribution in [1.29, 1.82) is 0 Å². The maximum absolute atomic E-state index is 13.7. The van der Waals surface area contributed by atoms with Gasteiger partial charge in [-0.3, -0.25) is 0 Å². The van der Waals surface area contributed by atoms with Crippen molar-refractivity contribution in [2.75, 3.05) is 6.61 Å². The predicted octanol–water partition coefficient (Wildman–Crippen LogP) is 4.01. The molecule has 0 amide bonds. The molecule has 2 aromatic rings. The molecule has 0 heterocycles. The van der Waals surface area contributed by atoms with Crippen LogP contribution in [0.1, 0.15) is 11.1 Å². The Kier molecular flexibility index (Phi) is 5.10. The predicted molar refractivity (Wildman–Crippen MR) is 75.8 cm³/mol. The van der Waals surface area contributed by atoms with Crippen LogP contribution in [-0.4, -0.2) is 11.7 Å². The van der Waals surface area contributed by atoms with Gasteiger partial charge in [0, 0.05) is 11.6 Å². The van der Waals surface area contributed by atoms with Crippen LogP contribution < -0.4 is 0 Å². The summed E-state index contributed by atoms with van der Waals surface area (Å²) in [6, 6.07) is 10.5. The van der Waals surface area contributed by atoms with Gasteiger partial charge in [-0.25, -0.2) is 8.78 Å². The molecule has 4 heteroatoms. The van der Waals surface area contributed by atoms with Gasteiger partial charge in [-0.15, -0.1) is 0 Å². The first-order valence-electron chi connectivity index (χ1n) is 6.37. The molecule has 0 aliphatic rings. The van der Waals surface area contributed by atoms with Gasteiger partial charge in [-0.1, -0.05) is 23.7 Å². The van der Waals surface area contributed by atoms with Crippen molar-refractivity contribution in [3.05, 3.63) is 70.2 Å². The Hall–Kier alpha value is -1.45. The van der Waals surface area contributed by atoms with Crippen molar-refractivity contribution in [1.82, 2.24) is 0 Å². The minimum Gasteiger partial charge on any atom is -0.396 e. The van der Waals surface area contributed by atoms with E-state index in [2.05, 4.69) is 0 Å². The molecule has 1 nitrogen and oxygen atoms in total.